The standard InChI is InChI=1S/C12H21NO4/c1-2-3-8-17-9-11(14)13-7-5-4-6-10(13)12(15)16/h10H,2-9H2,1H3,(H,15,16)/t10-/m1/s1. The first kappa shape index (κ1) is 14.0. The molecule has 17 heavy (non-hydrogen) atoms. The molecule has 5 heteroatoms. The van der Waals surface area contributed by atoms with Crippen LogP contribution in [0.2, 0.25) is 0 Å². The fourth-order valence-electron chi connectivity index (χ4n) is 1.98. The van der Waals surface area contributed by atoms with E-state index in [4.69, 9.17) is 9.84 Å². The molecule has 0 bridgehead atoms. The van der Waals surface area contributed by atoms with Gasteiger partial charge in [-0.3, -0.25) is 4.79 Å². The van der Waals surface area contributed by atoms with Crippen molar-refractivity contribution >= 4 is 11.9 Å². The van der Waals surface area contributed by atoms with E-state index in [1.165, 1.54) is 4.90 Å². The van der Waals surface area contributed by atoms with Crippen LogP contribution in [0, 0.1) is 0 Å². The number of piperidine rings is 1. The van der Waals surface area contributed by atoms with Crippen LogP contribution in [0.1, 0.15) is 39.0 Å². The number of amides is 1. The summed E-state index contributed by atoms with van der Waals surface area (Å²) in [6.07, 6.45) is 4.25. The molecule has 1 rings (SSSR count). The normalized spacial score (nSPS) is 20.3. The van der Waals surface area contributed by atoms with Gasteiger partial charge in [-0.25, -0.2) is 4.79 Å². The van der Waals surface area contributed by atoms with Crippen LogP contribution in [0.5, 0.6) is 0 Å². The summed E-state index contributed by atoms with van der Waals surface area (Å²) in [7, 11) is 0. The molecule has 5 nitrogen and oxygen atoms in total. The third-order valence-corrected chi connectivity index (χ3v) is 2.98. The zero-order valence-electron chi connectivity index (χ0n) is 10.4. The summed E-state index contributed by atoms with van der Waals surface area (Å²) in [4.78, 5) is 24.3. The van der Waals surface area contributed by atoms with Crippen molar-refractivity contribution < 1.29 is 19.4 Å². The van der Waals surface area contributed by atoms with Gasteiger partial charge in [0.2, 0.25) is 5.91 Å². The SMILES string of the molecule is CCCCOCC(=O)N1CCCC[C@@H]1C(=O)O. The molecule has 0 aromatic heterocycles. The van der Waals surface area contributed by atoms with Crippen LogP contribution in [0.15, 0.2) is 0 Å². The summed E-state index contributed by atoms with van der Waals surface area (Å²) < 4.78 is 5.23. The average Bonchev–Trinajstić information content (AvgIpc) is 2.34. The number of hydrogen-bond donors (Lipinski definition) is 1. The first-order valence-electron chi connectivity index (χ1n) is 6.26. The van der Waals surface area contributed by atoms with E-state index >= 15 is 0 Å². The molecule has 1 heterocycles. The molecule has 0 aromatic carbocycles. The molecule has 0 aromatic rings. The van der Waals surface area contributed by atoms with Crippen LogP contribution in [0.25, 0.3) is 0 Å². The molecule has 0 saturated carbocycles. The first-order chi connectivity index (χ1) is 8.16. The molecule has 1 N–H and O–H groups in total. The molecule has 1 atom stereocenters. The Hall–Kier alpha value is -1.10. The molecular weight excluding hydrogens is 222 g/mol. The minimum absolute atomic E-state index is 0.00375. The van der Waals surface area contributed by atoms with Crippen LogP contribution in [-0.4, -0.2) is 47.7 Å². The second kappa shape index (κ2) is 7.27. The Balaban J connectivity index is 2.39. The number of aliphatic carboxylic acids is 1. The second-order valence-corrected chi connectivity index (χ2v) is 4.34. The van der Waals surface area contributed by atoms with Gasteiger partial charge in [0.05, 0.1) is 0 Å². The Bertz CT molecular complexity index is 267. The maximum absolute atomic E-state index is 11.8. The summed E-state index contributed by atoms with van der Waals surface area (Å²) in [5, 5.41) is 9.03. The molecule has 1 amide bonds. The van der Waals surface area contributed by atoms with Crippen LogP contribution in [0.3, 0.4) is 0 Å². The van der Waals surface area contributed by atoms with Gasteiger partial charge in [0, 0.05) is 13.2 Å². The fraction of sp³-hybridized carbons (Fsp3) is 0.833. The van der Waals surface area contributed by atoms with E-state index in [0.717, 1.165) is 25.7 Å². The highest BCUT2D eigenvalue weighted by Crippen LogP contribution is 2.17. The third kappa shape index (κ3) is 4.34. The predicted molar refractivity (Wildman–Crippen MR) is 62.7 cm³/mol. The summed E-state index contributed by atoms with van der Waals surface area (Å²) >= 11 is 0. The van der Waals surface area contributed by atoms with Gasteiger partial charge in [-0.2, -0.15) is 0 Å². The summed E-state index contributed by atoms with van der Waals surface area (Å²) in [6.45, 7) is 3.15. The predicted octanol–water partition coefficient (Wildman–Crippen LogP) is 1.27. The number of hydrogen-bond acceptors (Lipinski definition) is 3. The molecular formula is C12H21NO4. The second-order valence-electron chi connectivity index (χ2n) is 4.34. The highest BCUT2D eigenvalue weighted by atomic mass is 16.5. The molecule has 1 aliphatic heterocycles. The summed E-state index contributed by atoms with van der Waals surface area (Å²) in [5.41, 5.74) is 0. The number of rotatable bonds is 6. The Morgan fingerprint density at radius 2 is 2.18 bits per heavy atom. The molecule has 1 saturated heterocycles. The number of carboxylic acid groups (broad SMARTS) is 1. The maximum atomic E-state index is 11.8. The molecule has 98 valence electrons. The average molecular weight is 243 g/mol. The third-order valence-electron chi connectivity index (χ3n) is 2.98. The maximum Gasteiger partial charge on any atom is 0.326 e. The van der Waals surface area contributed by atoms with E-state index in [0.29, 0.717) is 19.6 Å². The van der Waals surface area contributed by atoms with Crippen molar-refractivity contribution in [1.82, 2.24) is 4.90 Å². The van der Waals surface area contributed by atoms with Gasteiger partial charge in [-0.1, -0.05) is 13.3 Å². The number of carbonyl (C=O) groups excluding carboxylic acids is 1. The van der Waals surface area contributed by atoms with Crippen molar-refractivity contribution in [3.63, 3.8) is 0 Å². The van der Waals surface area contributed by atoms with E-state index in [9.17, 15) is 9.59 Å². The Labute approximate surface area is 102 Å². The number of carbonyl (C=O) groups is 2. The topological polar surface area (TPSA) is 66.8 Å². The summed E-state index contributed by atoms with van der Waals surface area (Å²) in [5.74, 6) is -1.11. The van der Waals surface area contributed by atoms with Crippen molar-refractivity contribution in [3.05, 3.63) is 0 Å². The minimum Gasteiger partial charge on any atom is -0.480 e. The van der Waals surface area contributed by atoms with Crippen molar-refractivity contribution in [2.45, 2.75) is 45.1 Å². The van der Waals surface area contributed by atoms with Crippen molar-refractivity contribution in [2.24, 2.45) is 0 Å². The number of nitrogens with zero attached hydrogens (tertiary/aromatic N) is 1. The number of likely N-dealkylation sites (tertiary alicyclic amines) is 1. The Morgan fingerprint density at radius 1 is 1.41 bits per heavy atom. The smallest absolute Gasteiger partial charge is 0.326 e. The van der Waals surface area contributed by atoms with E-state index in [-0.39, 0.29) is 12.5 Å². The molecule has 0 spiro atoms. The van der Waals surface area contributed by atoms with Crippen LogP contribution >= 0.6 is 0 Å². The number of unbranched alkanes of at least 4 members (excludes halogenated alkanes) is 1. The van der Waals surface area contributed by atoms with E-state index in [1.54, 1.807) is 0 Å². The zero-order chi connectivity index (χ0) is 12.7. The van der Waals surface area contributed by atoms with Gasteiger partial charge in [0.1, 0.15) is 12.6 Å². The van der Waals surface area contributed by atoms with Crippen LogP contribution < -0.4 is 0 Å². The first-order valence-corrected chi connectivity index (χ1v) is 6.26. The van der Waals surface area contributed by atoms with Gasteiger partial charge in [-0.15, -0.1) is 0 Å². The lowest BCUT2D eigenvalue weighted by Gasteiger charge is -2.32. The van der Waals surface area contributed by atoms with E-state index in [1.807, 2.05) is 0 Å². The van der Waals surface area contributed by atoms with Crippen LogP contribution in [0.4, 0.5) is 0 Å². The molecule has 0 radical (unpaired) electrons. The molecule has 0 unspecified atom stereocenters. The molecule has 0 aliphatic carbocycles. The van der Waals surface area contributed by atoms with Gasteiger partial charge in [0.15, 0.2) is 0 Å². The van der Waals surface area contributed by atoms with E-state index in [2.05, 4.69) is 6.92 Å². The van der Waals surface area contributed by atoms with Crippen molar-refractivity contribution in [1.29, 1.82) is 0 Å². The quantitative estimate of drug-likeness (QED) is 0.713. The van der Waals surface area contributed by atoms with Gasteiger partial charge in [0.25, 0.3) is 0 Å². The van der Waals surface area contributed by atoms with Crippen LogP contribution in [-0.2, 0) is 14.3 Å². The lowest BCUT2D eigenvalue weighted by atomic mass is 10.0. The summed E-state index contributed by atoms with van der Waals surface area (Å²) in [6, 6.07) is -0.661. The minimum atomic E-state index is -0.911. The highest BCUT2D eigenvalue weighted by molar-refractivity contribution is 5.84. The van der Waals surface area contributed by atoms with Crippen molar-refractivity contribution in [2.75, 3.05) is 19.8 Å². The Kier molecular flexibility index (Phi) is 5.97. The van der Waals surface area contributed by atoms with Gasteiger partial charge < -0.3 is 14.7 Å². The van der Waals surface area contributed by atoms with Crippen molar-refractivity contribution in [3.8, 4) is 0 Å². The monoisotopic (exact) mass is 243 g/mol. The van der Waals surface area contributed by atoms with Gasteiger partial charge in [-0.05, 0) is 25.7 Å². The fourth-order valence-corrected chi connectivity index (χ4v) is 1.98. The zero-order valence-corrected chi connectivity index (χ0v) is 10.4. The van der Waals surface area contributed by atoms with Gasteiger partial charge >= 0.3 is 5.97 Å². The number of carboxylic acids is 1. The molecule has 1 aliphatic rings. The van der Waals surface area contributed by atoms with E-state index < -0.39 is 12.0 Å². The lowest BCUT2D eigenvalue weighted by Crippen LogP contribution is -2.49. The largest absolute Gasteiger partial charge is 0.480 e. The molecule has 1 fully saturated rings. The lowest BCUT2D eigenvalue weighted by molar-refractivity contribution is -0.154. The highest BCUT2D eigenvalue weighted by Gasteiger charge is 2.31. The number of ether oxygens (including phenoxy) is 1. The Morgan fingerprint density at radius 3 is 2.82 bits per heavy atom.